The SMILES string of the molecule is COc1ccc(C2C(O)C(c3ccc(CO)cc3)C2O)cc1. The van der Waals surface area contributed by atoms with Gasteiger partial charge in [0.1, 0.15) is 5.75 Å². The number of aliphatic hydroxyl groups excluding tert-OH is 3. The van der Waals surface area contributed by atoms with Crippen LogP contribution in [0, 0.1) is 0 Å². The first-order valence-electron chi connectivity index (χ1n) is 7.35. The highest BCUT2D eigenvalue weighted by molar-refractivity contribution is 5.38. The van der Waals surface area contributed by atoms with Crippen LogP contribution in [0.25, 0.3) is 0 Å². The van der Waals surface area contributed by atoms with E-state index >= 15 is 0 Å². The van der Waals surface area contributed by atoms with Crippen LogP contribution in [0.3, 0.4) is 0 Å². The van der Waals surface area contributed by atoms with Crippen LogP contribution in [0.4, 0.5) is 0 Å². The van der Waals surface area contributed by atoms with Gasteiger partial charge < -0.3 is 20.1 Å². The summed E-state index contributed by atoms with van der Waals surface area (Å²) in [6.45, 7) is -0.00940. The molecule has 0 saturated heterocycles. The Balaban J connectivity index is 1.77. The summed E-state index contributed by atoms with van der Waals surface area (Å²) in [4.78, 5) is 0. The highest BCUT2D eigenvalue weighted by atomic mass is 16.5. The molecule has 0 heterocycles. The van der Waals surface area contributed by atoms with Crippen LogP contribution in [-0.4, -0.2) is 34.6 Å². The maximum Gasteiger partial charge on any atom is 0.118 e. The van der Waals surface area contributed by atoms with E-state index < -0.39 is 12.2 Å². The molecular formula is C18H20O4. The fraction of sp³-hybridized carbons (Fsp3) is 0.333. The van der Waals surface area contributed by atoms with Gasteiger partial charge in [0.05, 0.1) is 25.9 Å². The molecule has 2 atom stereocenters. The molecule has 3 rings (SSSR count). The molecule has 0 radical (unpaired) electrons. The number of hydrogen-bond acceptors (Lipinski definition) is 4. The topological polar surface area (TPSA) is 69.9 Å². The molecule has 0 amide bonds. The molecule has 1 fully saturated rings. The smallest absolute Gasteiger partial charge is 0.118 e. The highest BCUT2D eigenvalue weighted by Gasteiger charge is 2.50. The molecule has 116 valence electrons. The summed E-state index contributed by atoms with van der Waals surface area (Å²) in [6.07, 6.45) is -1.24. The standard InChI is InChI=1S/C18H20O4/c1-22-14-8-6-13(7-9-14)16-17(20)15(18(16)21)12-4-2-11(10-19)3-5-12/h2-9,15-21H,10H2,1H3. The van der Waals surface area contributed by atoms with Crippen LogP contribution in [0.15, 0.2) is 48.5 Å². The van der Waals surface area contributed by atoms with E-state index in [4.69, 9.17) is 9.84 Å². The van der Waals surface area contributed by atoms with Gasteiger partial charge in [-0.3, -0.25) is 0 Å². The minimum absolute atomic E-state index is 0.00940. The molecule has 2 aromatic rings. The Labute approximate surface area is 129 Å². The maximum absolute atomic E-state index is 10.5. The molecule has 3 N–H and O–H groups in total. The minimum Gasteiger partial charge on any atom is -0.497 e. The van der Waals surface area contributed by atoms with E-state index in [2.05, 4.69) is 0 Å². The van der Waals surface area contributed by atoms with E-state index in [-0.39, 0.29) is 18.4 Å². The summed E-state index contributed by atoms with van der Waals surface area (Å²) in [5.74, 6) is 0.177. The molecule has 0 aliphatic heterocycles. The molecule has 4 heteroatoms. The fourth-order valence-corrected chi connectivity index (χ4v) is 3.17. The molecule has 2 unspecified atom stereocenters. The summed E-state index contributed by atoms with van der Waals surface area (Å²) < 4.78 is 5.12. The van der Waals surface area contributed by atoms with E-state index in [1.165, 1.54) is 0 Å². The van der Waals surface area contributed by atoms with Crippen LogP contribution in [0.1, 0.15) is 28.5 Å². The van der Waals surface area contributed by atoms with Crippen LogP contribution in [0.2, 0.25) is 0 Å². The number of aliphatic hydroxyl groups is 3. The minimum atomic E-state index is -0.622. The van der Waals surface area contributed by atoms with Gasteiger partial charge in [-0.1, -0.05) is 36.4 Å². The first-order valence-corrected chi connectivity index (χ1v) is 7.35. The van der Waals surface area contributed by atoms with Crippen LogP contribution in [0.5, 0.6) is 5.75 Å². The molecule has 1 aliphatic carbocycles. The largest absolute Gasteiger partial charge is 0.497 e. The fourth-order valence-electron chi connectivity index (χ4n) is 3.17. The summed E-state index contributed by atoms with van der Waals surface area (Å²) in [7, 11) is 1.61. The van der Waals surface area contributed by atoms with Crippen molar-refractivity contribution in [1.29, 1.82) is 0 Å². The molecule has 22 heavy (non-hydrogen) atoms. The van der Waals surface area contributed by atoms with Crippen molar-refractivity contribution in [2.75, 3.05) is 7.11 Å². The Kier molecular flexibility index (Phi) is 4.16. The average molecular weight is 300 g/mol. The number of methoxy groups -OCH3 is 1. The van der Waals surface area contributed by atoms with Gasteiger partial charge in [-0.15, -0.1) is 0 Å². The molecular weight excluding hydrogens is 280 g/mol. The van der Waals surface area contributed by atoms with Crippen molar-refractivity contribution in [3.8, 4) is 5.75 Å². The van der Waals surface area contributed by atoms with Gasteiger partial charge in [-0.05, 0) is 28.8 Å². The second-order valence-electron chi connectivity index (χ2n) is 5.71. The first-order chi connectivity index (χ1) is 10.7. The molecule has 1 aliphatic rings. The Morgan fingerprint density at radius 3 is 1.68 bits per heavy atom. The number of ether oxygens (including phenoxy) is 1. The third-order valence-corrected chi connectivity index (χ3v) is 4.52. The van der Waals surface area contributed by atoms with Crippen molar-refractivity contribution in [3.63, 3.8) is 0 Å². The van der Waals surface area contributed by atoms with E-state index in [0.717, 1.165) is 22.4 Å². The molecule has 0 aromatic heterocycles. The average Bonchev–Trinajstić information content (AvgIpc) is 2.56. The van der Waals surface area contributed by atoms with Gasteiger partial charge in [0, 0.05) is 11.8 Å². The van der Waals surface area contributed by atoms with E-state index in [9.17, 15) is 10.2 Å². The van der Waals surface area contributed by atoms with Gasteiger partial charge >= 0.3 is 0 Å². The highest BCUT2D eigenvalue weighted by Crippen LogP contribution is 2.48. The lowest BCUT2D eigenvalue weighted by molar-refractivity contribution is -0.0785. The molecule has 2 aromatic carbocycles. The van der Waals surface area contributed by atoms with Crippen molar-refractivity contribution >= 4 is 0 Å². The Morgan fingerprint density at radius 1 is 0.818 bits per heavy atom. The summed E-state index contributed by atoms with van der Waals surface area (Å²) in [5, 5.41) is 30.0. The van der Waals surface area contributed by atoms with Crippen LogP contribution >= 0.6 is 0 Å². The van der Waals surface area contributed by atoms with Crippen molar-refractivity contribution in [1.82, 2.24) is 0 Å². The molecule has 1 saturated carbocycles. The van der Waals surface area contributed by atoms with Crippen molar-refractivity contribution in [3.05, 3.63) is 65.2 Å². The molecule has 0 bridgehead atoms. The Bertz CT molecular complexity index is 555. The number of hydrogen-bond donors (Lipinski definition) is 3. The lowest BCUT2D eigenvalue weighted by Gasteiger charge is -2.47. The van der Waals surface area contributed by atoms with Crippen molar-refractivity contribution < 1.29 is 20.1 Å². The van der Waals surface area contributed by atoms with Gasteiger partial charge in [0.25, 0.3) is 0 Å². The van der Waals surface area contributed by atoms with E-state index in [0.29, 0.717) is 0 Å². The molecule has 0 spiro atoms. The zero-order chi connectivity index (χ0) is 15.7. The third kappa shape index (κ3) is 2.50. The monoisotopic (exact) mass is 300 g/mol. The van der Waals surface area contributed by atoms with Gasteiger partial charge in [0.15, 0.2) is 0 Å². The Morgan fingerprint density at radius 2 is 1.27 bits per heavy atom. The second-order valence-corrected chi connectivity index (χ2v) is 5.71. The summed E-state index contributed by atoms with van der Waals surface area (Å²) >= 11 is 0. The van der Waals surface area contributed by atoms with Crippen molar-refractivity contribution in [2.45, 2.75) is 30.7 Å². The van der Waals surface area contributed by atoms with Gasteiger partial charge in [0.2, 0.25) is 0 Å². The van der Waals surface area contributed by atoms with Gasteiger partial charge in [-0.2, -0.15) is 0 Å². The summed E-state index contributed by atoms with van der Waals surface area (Å²) in [6, 6.07) is 14.8. The zero-order valence-corrected chi connectivity index (χ0v) is 12.4. The number of benzene rings is 2. The predicted molar refractivity (Wildman–Crippen MR) is 82.9 cm³/mol. The predicted octanol–water partition coefficient (Wildman–Crippen LogP) is 1.79. The Hall–Kier alpha value is -1.88. The maximum atomic E-state index is 10.5. The van der Waals surface area contributed by atoms with Crippen molar-refractivity contribution in [2.24, 2.45) is 0 Å². The zero-order valence-electron chi connectivity index (χ0n) is 12.4. The van der Waals surface area contributed by atoms with Crippen LogP contribution in [-0.2, 0) is 6.61 Å². The van der Waals surface area contributed by atoms with E-state index in [1.807, 2.05) is 48.5 Å². The van der Waals surface area contributed by atoms with Crippen LogP contribution < -0.4 is 4.74 Å². The molecule has 4 nitrogen and oxygen atoms in total. The number of rotatable bonds is 4. The second kappa shape index (κ2) is 6.08. The first kappa shape index (κ1) is 15.0. The lowest BCUT2D eigenvalue weighted by atomic mass is 9.63. The third-order valence-electron chi connectivity index (χ3n) is 4.52. The lowest BCUT2D eigenvalue weighted by Crippen LogP contribution is -2.51. The quantitative estimate of drug-likeness (QED) is 0.805. The van der Waals surface area contributed by atoms with Gasteiger partial charge in [-0.25, -0.2) is 0 Å². The summed E-state index contributed by atoms with van der Waals surface area (Å²) in [5.41, 5.74) is 2.62. The normalized spacial score (nSPS) is 27.3. The van der Waals surface area contributed by atoms with E-state index in [1.54, 1.807) is 7.11 Å².